The Hall–Kier alpha value is -3.02. The van der Waals surface area contributed by atoms with Crippen molar-refractivity contribution in [3.63, 3.8) is 0 Å². The molecular weight excluding hydrogens is 370 g/mol. The molecule has 29 heavy (non-hydrogen) atoms. The Morgan fingerprint density at radius 3 is 2.83 bits per heavy atom. The summed E-state index contributed by atoms with van der Waals surface area (Å²) in [5, 5.41) is 0. The van der Waals surface area contributed by atoms with E-state index in [9.17, 15) is 19.2 Å². The lowest BCUT2D eigenvalue weighted by Gasteiger charge is -2.25. The summed E-state index contributed by atoms with van der Waals surface area (Å²) < 4.78 is 6.02. The van der Waals surface area contributed by atoms with Crippen molar-refractivity contribution in [2.75, 3.05) is 6.61 Å². The van der Waals surface area contributed by atoms with E-state index in [1.807, 2.05) is 18.2 Å². The zero-order valence-electron chi connectivity index (χ0n) is 16.1. The standard InChI is InChI=1S/C23H23NO5/c25-13-15-7-9-16(10-8-15)14-29-22-6-2-4-18-19(22)12-24(23(18)28)20-5-1-3-17(26)11-21(20)27/h2,4,6-9,13,16,20H,1,3,5,10-12,14H2/t16?,20-/m0/s1. The molecule has 2 aliphatic carbocycles. The Morgan fingerprint density at radius 1 is 1.21 bits per heavy atom. The number of ketones is 2. The maximum Gasteiger partial charge on any atom is 0.255 e. The molecular formula is C23H23NO5. The smallest absolute Gasteiger partial charge is 0.255 e. The minimum atomic E-state index is -0.539. The van der Waals surface area contributed by atoms with Gasteiger partial charge >= 0.3 is 0 Å². The van der Waals surface area contributed by atoms with Crippen LogP contribution in [0.4, 0.5) is 0 Å². The van der Waals surface area contributed by atoms with E-state index in [1.165, 1.54) is 0 Å². The van der Waals surface area contributed by atoms with Crippen LogP contribution < -0.4 is 4.74 Å². The van der Waals surface area contributed by atoms with Crippen molar-refractivity contribution in [2.45, 2.75) is 44.7 Å². The lowest BCUT2D eigenvalue weighted by Crippen LogP contribution is -2.41. The minimum Gasteiger partial charge on any atom is -0.493 e. The fourth-order valence-electron chi connectivity index (χ4n) is 4.19. The quantitative estimate of drug-likeness (QED) is 0.437. The minimum absolute atomic E-state index is 0.0435. The third-order valence-corrected chi connectivity index (χ3v) is 5.81. The SMILES string of the molecule is O=CC1=CCC(COc2cccc3c2CN([C@H]2CCCC(=O)CC2=O)C3=O)C=C1. The first-order valence-corrected chi connectivity index (χ1v) is 10.0. The number of carbonyl (C=O) groups is 4. The molecule has 0 N–H and O–H groups in total. The van der Waals surface area contributed by atoms with E-state index in [0.29, 0.717) is 49.3 Å². The van der Waals surface area contributed by atoms with Crippen molar-refractivity contribution in [3.05, 3.63) is 53.1 Å². The van der Waals surface area contributed by atoms with Crippen molar-refractivity contribution in [2.24, 2.45) is 5.92 Å². The molecule has 0 aromatic heterocycles. The van der Waals surface area contributed by atoms with E-state index in [2.05, 4.69) is 0 Å². The lowest BCUT2D eigenvalue weighted by atomic mass is 9.98. The summed E-state index contributed by atoms with van der Waals surface area (Å²) in [5.74, 6) is 0.430. The van der Waals surface area contributed by atoms with E-state index < -0.39 is 6.04 Å². The van der Waals surface area contributed by atoms with Gasteiger partial charge in [-0.3, -0.25) is 19.2 Å². The van der Waals surface area contributed by atoms with Crippen molar-refractivity contribution in [1.82, 2.24) is 4.90 Å². The Kier molecular flexibility index (Phi) is 5.43. The van der Waals surface area contributed by atoms with Crippen LogP contribution >= 0.6 is 0 Å². The second kappa shape index (κ2) is 8.15. The number of ether oxygens (including phenoxy) is 1. The van der Waals surface area contributed by atoms with Gasteiger partial charge in [0.2, 0.25) is 0 Å². The van der Waals surface area contributed by atoms with Gasteiger partial charge in [0.05, 0.1) is 25.6 Å². The number of fused-ring (bicyclic) bond motifs is 1. The number of amides is 1. The van der Waals surface area contributed by atoms with E-state index in [-0.39, 0.29) is 29.8 Å². The lowest BCUT2D eigenvalue weighted by molar-refractivity contribution is -0.128. The molecule has 6 nitrogen and oxygen atoms in total. The van der Waals surface area contributed by atoms with Crippen molar-refractivity contribution in [1.29, 1.82) is 0 Å². The molecule has 0 saturated heterocycles. The van der Waals surface area contributed by atoms with Crippen LogP contribution in [0, 0.1) is 5.92 Å². The predicted molar refractivity (Wildman–Crippen MR) is 105 cm³/mol. The first-order chi connectivity index (χ1) is 14.1. The van der Waals surface area contributed by atoms with Crippen LogP contribution in [0.2, 0.25) is 0 Å². The number of rotatable bonds is 5. The molecule has 1 saturated carbocycles. The summed E-state index contributed by atoms with van der Waals surface area (Å²) in [6.45, 7) is 0.769. The second-order valence-electron chi connectivity index (χ2n) is 7.79. The van der Waals surface area contributed by atoms with Crippen LogP contribution in [0.15, 0.2) is 42.0 Å². The average molecular weight is 393 g/mol. The molecule has 6 heteroatoms. The van der Waals surface area contributed by atoms with Gasteiger partial charge in [-0.05, 0) is 31.4 Å². The molecule has 1 amide bonds. The molecule has 0 bridgehead atoms. The van der Waals surface area contributed by atoms with Gasteiger partial charge in [0.1, 0.15) is 17.8 Å². The third-order valence-electron chi connectivity index (χ3n) is 5.81. The van der Waals surface area contributed by atoms with Gasteiger partial charge in [0.25, 0.3) is 5.91 Å². The maximum absolute atomic E-state index is 12.9. The molecule has 3 aliphatic rings. The monoisotopic (exact) mass is 393 g/mol. The first-order valence-electron chi connectivity index (χ1n) is 10.0. The van der Waals surface area contributed by atoms with Gasteiger partial charge < -0.3 is 9.64 Å². The Balaban J connectivity index is 1.47. The molecule has 1 unspecified atom stereocenters. The largest absolute Gasteiger partial charge is 0.493 e. The van der Waals surface area contributed by atoms with Gasteiger partial charge in [0.15, 0.2) is 5.78 Å². The first kappa shape index (κ1) is 19.3. The molecule has 0 radical (unpaired) electrons. The zero-order chi connectivity index (χ0) is 20.4. The molecule has 150 valence electrons. The Bertz CT molecular complexity index is 929. The number of nitrogens with zero attached hydrogens (tertiary/aromatic N) is 1. The number of carbonyl (C=O) groups excluding carboxylic acids is 4. The molecule has 2 atom stereocenters. The van der Waals surface area contributed by atoms with E-state index in [4.69, 9.17) is 4.74 Å². The van der Waals surface area contributed by atoms with Gasteiger partial charge in [-0.2, -0.15) is 0 Å². The van der Waals surface area contributed by atoms with Crippen LogP contribution in [-0.4, -0.2) is 41.3 Å². The topological polar surface area (TPSA) is 80.8 Å². The molecule has 1 aromatic rings. The maximum atomic E-state index is 12.9. The number of aldehydes is 1. The number of Topliss-reactive ketones (excluding diaryl/α,β-unsaturated/α-hetero) is 2. The van der Waals surface area contributed by atoms with Gasteiger partial charge in [-0.25, -0.2) is 0 Å². The average Bonchev–Trinajstić information content (AvgIpc) is 2.96. The fraction of sp³-hybridized carbons (Fsp3) is 0.391. The number of hydrogen-bond acceptors (Lipinski definition) is 5. The van der Waals surface area contributed by atoms with Gasteiger partial charge in [-0.1, -0.05) is 24.3 Å². The van der Waals surface area contributed by atoms with Crippen LogP contribution in [0.5, 0.6) is 5.75 Å². The van der Waals surface area contributed by atoms with Crippen molar-refractivity contribution in [3.8, 4) is 5.75 Å². The van der Waals surface area contributed by atoms with Crippen LogP contribution in [-0.2, 0) is 20.9 Å². The highest BCUT2D eigenvalue weighted by Gasteiger charge is 2.38. The predicted octanol–water partition coefficient (Wildman–Crippen LogP) is 2.80. The molecule has 0 spiro atoms. The summed E-state index contributed by atoms with van der Waals surface area (Å²) in [7, 11) is 0. The Morgan fingerprint density at radius 2 is 2.07 bits per heavy atom. The van der Waals surface area contributed by atoms with E-state index in [0.717, 1.165) is 18.3 Å². The van der Waals surface area contributed by atoms with Crippen LogP contribution in [0.1, 0.15) is 48.0 Å². The second-order valence-corrected chi connectivity index (χ2v) is 7.79. The van der Waals surface area contributed by atoms with Gasteiger partial charge in [0, 0.05) is 29.0 Å². The molecule has 1 heterocycles. The van der Waals surface area contributed by atoms with Crippen LogP contribution in [0.25, 0.3) is 0 Å². The number of allylic oxidation sites excluding steroid dienone is 3. The summed E-state index contributed by atoms with van der Waals surface area (Å²) in [6.07, 6.45) is 8.69. The summed E-state index contributed by atoms with van der Waals surface area (Å²) >= 11 is 0. The number of hydrogen-bond donors (Lipinski definition) is 0. The van der Waals surface area contributed by atoms with Gasteiger partial charge in [-0.15, -0.1) is 0 Å². The summed E-state index contributed by atoms with van der Waals surface area (Å²) in [5.41, 5.74) is 2.03. The molecule has 1 aromatic carbocycles. The zero-order valence-corrected chi connectivity index (χ0v) is 16.1. The molecule has 1 fully saturated rings. The normalized spacial score (nSPS) is 24.2. The number of benzene rings is 1. The summed E-state index contributed by atoms with van der Waals surface area (Å²) in [6, 6.07) is 4.85. The van der Waals surface area contributed by atoms with Crippen LogP contribution in [0.3, 0.4) is 0 Å². The third kappa shape index (κ3) is 3.92. The summed E-state index contributed by atoms with van der Waals surface area (Å²) in [4.78, 5) is 49.5. The van der Waals surface area contributed by atoms with Crippen molar-refractivity contribution >= 4 is 23.8 Å². The van der Waals surface area contributed by atoms with E-state index in [1.54, 1.807) is 23.1 Å². The highest BCUT2D eigenvalue weighted by Crippen LogP contribution is 2.34. The highest BCUT2D eigenvalue weighted by molar-refractivity contribution is 6.06. The fourth-order valence-corrected chi connectivity index (χ4v) is 4.19. The Labute approximate surface area is 169 Å². The van der Waals surface area contributed by atoms with E-state index >= 15 is 0 Å². The molecule has 4 rings (SSSR count). The van der Waals surface area contributed by atoms with Crippen molar-refractivity contribution < 1.29 is 23.9 Å². The molecule has 1 aliphatic heterocycles. The highest BCUT2D eigenvalue weighted by atomic mass is 16.5.